The molecule has 0 saturated heterocycles. The third kappa shape index (κ3) is 8.20. The first kappa shape index (κ1) is 33.7. The molecule has 2 aromatic carbocycles. The van der Waals surface area contributed by atoms with Gasteiger partial charge >= 0.3 is 0 Å². The van der Waals surface area contributed by atoms with E-state index < -0.39 is 35.9 Å². The van der Waals surface area contributed by atoms with Crippen LogP contribution in [0.1, 0.15) is 58.1 Å². The lowest BCUT2D eigenvalue weighted by Gasteiger charge is -2.39. The Morgan fingerprint density at radius 1 is 1.14 bits per heavy atom. The molecule has 0 aromatic heterocycles. The first-order valence-electron chi connectivity index (χ1n) is 14.0. The van der Waals surface area contributed by atoms with Crippen molar-refractivity contribution in [3.05, 3.63) is 63.4 Å². The van der Waals surface area contributed by atoms with E-state index in [0.29, 0.717) is 6.54 Å². The summed E-state index contributed by atoms with van der Waals surface area (Å²) < 4.78 is 14.6. The minimum atomic E-state index is -1.10. The molecule has 0 spiro atoms. The molecule has 1 aliphatic heterocycles. The number of aliphatic hydroxyl groups excluding tert-OH is 1. The van der Waals surface area contributed by atoms with E-state index in [4.69, 9.17) is 28.9 Å². The number of aliphatic hydroxyl groups is 1. The fourth-order valence-electron chi connectivity index (χ4n) is 5.25. The molecule has 42 heavy (non-hydrogen) atoms. The van der Waals surface area contributed by atoms with Crippen molar-refractivity contribution < 1.29 is 23.9 Å². The normalized spacial score (nSPS) is 16.5. The fourth-order valence-corrected chi connectivity index (χ4v) is 5.56. The van der Waals surface area contributed by atoms with Gasteiger partial charge in [0.2, 0.25) is 17.7 Å². The van der Waals surface area contributed by atoms with Crippen LogP contribution in [0.2, 0.25) is 10.0 Å². The number of fused-ring (bicyclic) bond motifs is 1. The van der Waals surface area contributed by atoms with Crippen LogP contribution in [0.5, 0.6) is 0 Å². The summed E-state index contributed by atoms with van der Waals surface area (Å²) >= 11 is 11.7. The van der Waals surface area contributed by atoms with Gasteiger partial charge in [-0.3, -0.25) is 19.3 Å². The second kappa shape index (κ2) is 14.6. The minimum Gasteiger partial charge on any atom is -0.378 e. The van der Waals surface area contributed by atoms with Gasteiger partial charge in [0.15, 0.2) is 5.82 Å². The Morgan fingerprint density at radius 3 is 2.43 bits per heavy atom. The highest BCUT2D eigenvalue weighted by atomic mass is 35.5. The molecule has 12 heteroatoms. The molecule has 3 rings (SSSR count). The molecule has 1 unspecified atom stereocenters. The summed E-state index contributed by atoms with van der Waals surface area (Å²) in [5.74, 6) is -2.41. The second-order valence-electron chi connectivity index (χ2n) is 11.3. The quantitative estimate of drug-likeness (QED) is 0.221. The Labute approximate surface area is 256 Å². The zero-order valence-corrected chi connectivity index (χ0v) is 25.9. The molecule has 2 aromatic rings. The molecule has 5 N–H and O–H groups in total. The number of benzene rings is 2. The molecule has 9 nitrogen and oxygen atoms in total. The van der Waals surface area contributed by atoms with Crippen LogP contribution in [0.15, 0.2) is 36.4 Å². The number of rotatable bonds is 11. The largest absolute Gasteiger partial charge is 0.378 e. The third-order valence-corrected chi connectivity index (χ3v) is 8.21. The second-order valence-corrected chi connectivity index (χ2v) is 12.1. The van der Waals surface area contributed by atoms with E-state index in [1.807, 2.05) is 56.9 Å². The van der Waals surface area contributed by atoms with Gasteiger partial charge in [0.25, 0.3) is 0 Å². The van der Waals surface area contributed by atoms with E-state index >= 15 is 0 Å². The Kier molecular flexibility index (Phi) is 11.7. The molecular weight excluding hydrogens is 584 g/mol. The smallest absolute Gasteiger partial charge is 0.247 e. The van der Waals surface area contributed by atoms with Crippen molar-refractivity contribution in [2.24, 2.45) is 5.73 Å². The van der Waals surface area contributed by atoms with Crippen LogP contribution in [-0.4, -0.2) is 69.6 Å². The average molecular weight is 625 g/mol. The number of nitrogens with one attached hydrogen (secondary N) is 2. The number of carbonyl (C=O) groups is 3. The van der Waals surface area contributed by atoms with E-state index in [9.17, 15) is 23.9 Å². The lowest BCUT2D eigenvalue weighted by molar-refractivity contribution is -0.143. The van der Waals surface area contributed by atoms with Gasteiger partial charge in [-0.2, -0.15) is 0 Å². The summed E-state index contributed by atoms with van der Waals surface area (Å²) in [5, 5.41) is 15.6. The van der Waals surface area contributed by atoms with Crippen molar-refractivity contribution in [2.75, 3.05) is 18.4 Å². The fraction of sp³-hybridized carbons (Fsp3) is 0.500. The van der Waals surface area contributed by atoms with Crippen LogP contribution in [0.25, 0.3) is 0 Å². The number of amides is 3. The number of anilines is 1. The highest BCUT2D eigenvalue weighted by Crippen LogP contribution is 2.30. The molecule has 230 valence electrons. The molecule has 1 aliphatic rings. The van der Waals surface area contributed by atoms with Gasteiger partial charge in [-0.15, -0.1) is 0 Å². The molecule has 3 amide bonds. The van der Waals surface area contributed by atoms with E-state index in [1.54, 1.807) is 0 Å². The van der Waals surface area contributed by atoms with Crippen LogP contribution in [0.3, 0.4) is 0 Å². The highest BCUT2D eigenvalue weighted by molar-refractivity contribution is 6.42. The van der Waals surface area contributed by atoms with Crippen LogP contribution in [-0.2, 0) is 27.3 Å². The van der Waals surface area contributed by atoms with Crippen molar-refractivity contribution in [1.29, 1.82) is 0 Å². The maximum Gasteiger partial charge on any atom is 0.247 e. The van der Waals surface area contributed by atoms with Crippen LogP contribution in [0.4, 0.5) is 10.1 Å². The van der Waals surface area contributed by atoms with E-state index in [-0.39, 0.29) is 66.0 Å². The van der Waals surface area contributed by atoms with Gasteiger partial charge in [-0.25, -0.2) is 4.39 Å². The lowest BCUT2D eigenvalue weighted by atomic mass is 9.92. The molecule has 0 radical (unpaired) electrons. The van der Waals surface area contributed by atoms with Crippen molar-refractivity contribution in [1.82, 2.24) is 15.1 Å². The van der Waals surface area contributed by atoms with Crippen molar-refractivity contribution in [3.63, 3.8) is 0 Å². The number of carbonyl (C=O) groups excluding carboxylic acids is 3. The van der Waals surface area contributed by atoms with E-state index in [0.717, 1.165) is 11.1 Å². The SMILES string of the molecule is CCN(C(O)CCC(=O)N1Cc2ccccc2C[C@H]1C(=O)N[C@@H](CCN)C(=O)Nc1ccc(Cl)c(Cl)c1F)C(C)(C)C. The summed E-state index contributed by atoms with van der Waals surface area (Å²) in [6.45, 7) is 8.81. The summed E-state index contributed by atoms with van der Waals surface area (Å²) in [6.07, 6.45) is -0.281. The number of hydrogen-bond acceptors (Lipinski definition) is 6. The van der Waals surface area contributed by atoms with Gasteiger partial charge in [0.05, 0.1) is 15.7 Å². The zero-order chi connectivity index (χ0) is 31.2. The molecule has 1 heterocycles. The minimum absolute atomic E-state index is 0.00496. The number of nitrogens with two attached hydrogens (primary N) is 1. The number of nitrogens with zero attached hydrogens (tertiary/aromatic N) is 2. The van der Waals surface area contributed by atoms with Crippen LogP contribution < -0.4 is 16.4 Å². The summed E-state index contributed by atoms with van der Waals surface area (Å²) in [5.41, 5.74) is 7.09. The van der Waals surface area contributed by atoms with Crippen LogP contribution >= 0.6 is 23.2 Å². The van der Waals surface area contributed by atoms with Crippen molar-refractivity contribution in [3.8, 4) is 0 Å². The van der Waals surface area contributed by atoms with Gasteiger partial charge in [0.1, 0.15) is 18.3 Å². The van der Waals surface area contributed by atoms with Gasteiger partial charge in [-0.1, -0.05) is 54.4 Å². The molecule has 0 fully saturated rings. The predicted molar refractivity (Wildman–Crippen MR) is 163 cm³/mol. The summed E-state index contributed by atoms with van der Waals surface area (Å²) in [4.78, 5) is 43.7. The van der Waals surface area contributed by atoms with Gasteiger partial charge in [0, 0.05) is 24.9 Å². The molecule has 3 atom stereocenters. The van der Waals surface area contributed by atoms with Crippen molar-refractivity contribution >= 4 is 46.6 Å². The van der Waals surface area contributed by atoms with E-state index in [2.05, 4.69) is 10.6 Å². The Morgan fingerprint density at radius 2 is 1.81 bits per heavy atom. The zero-order valence-electron chi connectivity index (χ0n) is 24.4. The molecular formula is C30H40Cl2FN5O4. The van der Waals surface area contributed by atoms with Gasteiger partial charge in [-0.05, 0) is 70.0 Å². The Bertz CT molecular complexity index is 1290. The third-order valence-electron chi connectivity index (χ3n) is 7.43. The lowest BCUT2D eigenvalue weighted by Crippen LogP contribution is -2.56. The average Bonchev–Trinajstić information content (AvgIpc) is 2.94. The highest BCUT2D eigenvalue weighted by Gasteiger charge is 2.37. The Balaban J connectivity index is 1.79. The van der Waals surface area contributed by atoms with Crippen molar-refractivity contribution in [2.45, 2.75) is 83.8 Å². The molecule has 0 aliphatic carbocycles. The summed E-state index contributed by atoms with van der Waals surface area (Å²) in [6, 6.07) is 8.17. The first-order chi connectivity index (χ1) is 19.8. The maximum absolute atomic E-state index is 14.6. The predicted octanol–water partition coefficient (Wildman–Crippen LogP) is 4.08. The first-order valence-corrected chi connectivity index (χ1v) is 14.8. The van der Waals surface area contributed by atoms with Crippen LogP contribution in [0, 0.1) is 5.82 Å². The maximum atomic E-state index is 14.6. The molecule has 0 bridgehead atoms. The summed E-state index contributed by atoms with van der Waals surface area (Å²) in [7, 11) is 0. The standard InChI is InChI=1S/C30H40Cl2FN5O4/c1-5-38(30(2,3)4)25(40)13-12-24(39)37-17-19-9-7-6-8-18(19)16-23(37)29(42)36-22(14-15-34)28(41)35-21-11-10-20(31)26(32)27(21)33/h6-11,22-23,25,40H,5,12-17,34H2,1-4H3,(H,35,41)(H,36,42)/t22-,23-,25?/m0/s1. The topological polar surface area (TPSA) is 128 Å². The van der Waals surface area contributed by atoms with Gasteiger partial charge < -0.3 is 26.4 Å². The number of hydrogen-bond donors (Lipinski definition) is 4. The number of halogens is 3. The van der Waals surface area contributed by atoms with E-state index in [1.165, 1.54) is 17.0 Å². The Hall–Kier alpha value is -2.76. The monoisotopic (exact) mass is 623 g/mol. The molecule has 0 saturated carbocycles.